The van der Waals surface area contributed by atoms with Crippen LogP contribution < -0.4 is 4.72 Å². The maximum Gasteiger partial charge on any atom is 0.307 e. The number of sulfonamides is 1. The van der Waals surface area contributed by atoms with Gasteiger partial charge in [-0.2, -0.15) is 0 Å². The number of anilines is 1. The Morgan fingerprint density at radius 2 is 1.90 bits per heavy atom. The predicted molar refractivity (Wildman–Crippen MR) is 77.8 cm³/mol. The van der Waals surface area contributed by atoms with Crippen molar-refractivity contribution in [3.8, 4) is 0 Å². The Balaban J connectivity index is 2.21. The molecule has 1 heterocycles. The van der Waals surface area contributed by atoms with Gasteiger partial charge in [0.25, 0.3) is 10.0 Å². The van der Waals surface area contributed by atoms with E-state index in [1.807, 2.05) is 0 Å². The number of benzene rings is 1. The molecule has 2 N–H and O–H groups in total. The van der Waals surface area contributed by atoms with Crippen molar-refractivity contribution < 1.29 is 18.3 Å². The fraction of sp³-hybridized carbons (Fsp3) is 0.0769. The Morgan fingerprint density at radius 3 is 2.48 bits per heavy atom. The number of hydrogen-bond donors (Lipinski definition) is 2. The van der Waals surface area contributed by atoms with Crippen LogP contribution in [0.4, 0.5) is 5.69 Å². The van der Waals surface area contributed by atoms with Gasteiger partial charge in [-0.05, 0) is 29.8 Å². The number of pyridine rings is 1. The van der Waals surface area contributed by atoms with Crippen molar-refractivity contribution in [1.29, 1.82) is 0 Å². The third kappa shape index (κ3) is 3.93. The van der Waals surface area contributed by atoms with Gasteiger partial charge in [0, 0.05) is 11.9 Å². The average molecular weight is 327 g/mol. The molecule has 0 aliphatic carbocycles. The van der Waals surface area contributed by atoms with Crippen LogP contribution in [-0.2, 0) is 21.2 Å². The summed E-state index contributed by atoms with van der Waals surface area (Å²) in [6, 6.07) is 8.86. The normalized spacial score (nSPS) is 11.1. The number of halogens is 1. The lowest BCUT2D eigenvalue weighted by atomic mass is 10.1. The highest BCUT2D eigenvalue weighted by molar-refractivity contribution is 7.92. The number of carboxylic acids is 1. The standard InChI is InChI=1S/C13H11ClN2O4S/c14-13-11(2-1-7-15-13)21(19,20)16-10-5-3-9(4-6-10)8-12(17)18/h1-7,16H,8H2,(H,17,18). The Kier molecular flexibility index (Phi) is 4.44. The molecule has 8 heteroatoms. The zero-order valence-electron chi connectivity index (χ0n) is 10.7. The summed E-state index contributed by atoms with van der Waals surface area (Å²) < 4.78 is 26.7. The molecule has 0 bridgehead atoms. The minimum atomic E-state index is -3.84. The minimum Gasteiger partial charge on any atom is -0.481 e. The highest BCUT2D eigenvalue weighted by Crippen LogP contribution is 2.21. The molecule has 0 unspecified atom stereocenters. The summed E-state index contributed by atoms with van der Waals surface area (Å²) in [6.07, 6.45) is 1.27. The van der Waals surface area contributed by atoms with Gasteiger partial charge in [-0.1, -0.05) is 23.7 Å². The summed E-state index contributed by atoms with van der Waals surface area (Å²) in [4.78, 5) is 14.2. The molecule has 0 aliphatic rings. The fourth-order valence-electron chi connectivity index (χ4n) is 1.65. The van der Waals surface area contributed by atoms with E-state index in [-0.39, 0.29) is 16.5 Å². The van der Waals surface area contributed by atoms with Gasteiger partial charge in [0.15, 0.2) is 0 Å². The molecule has 21 heavy (non-hydrogen) atoms. The van der Waals surface area contributed by atoms with Crippen molar-refractivity contribution in [2.24, 2.45) is 0 Å². The Morgan fingerprint density at radius 1 is 1.24 bits per heavy atom. The number of rotatable bonds is 5. The van der Waals surface area contributed by atoms with E-state index in [0.29, 0.717) is 11.3 Å². The van der Waals surface area contributed by atoms with E-state index in [4.69, 9.17) is 16.7 Å². The average Bonchev–Trinajstić information content (AvgIpc) is 2.40. The van der Waals surface area contributed by atoms with Gasteiger partial charge in [0.2, 0.25) is 0 Å². The van der Waals surface area contributed by atoms with Crippen LogP contribution in [0.3, 0.4) is 0 Å². The minimum absolute atomic E-state index is 0.118. The SMILES string of the molecule is O=C(O)Cc1ccc(NS(=O)(=O)c2cccnc2Cl)cc1. The third-order valence-electron chi connectivity index (χ3n) is 2.58. The van der Waals surface area contributed by atoms with E-state index in [2.05, 4.69) is 9.71 Å². The monoisotopic (exact) mass is 326 g/mol. The lowest BCUT2D eigenvalue weighted by molar-refractivity contribution is -0.136. The van der Waals surface area contributed by atoms with E-state index < -0.39 is 16.0 Å². The van der Waals surface area contributed by atoms with Crippen molar-refractivity contribution >= 4 is 33.3 Å². The molecule has 0 fully saturated rings. The van der Waals surface area contributed by atoms with Gasteiger partial charge in [-0.25, -0.2) is 13.4 Å². The van der Waals surface area contributed by atoms with Crippen molar-refractivity contribution in [2.75, 3.05) is 4.72 Å². The molecule has 1 aromatic heterocycles. The molecule has 6 nitrogen and oxygen atoms in total. The van der Waals surface area contributed by atoms with Gasteiger partial charge in [-0.3, -0.25) is 9.52 Å². The molecule has 0 amide bonds. The molecule has 0 spiro atoms. The number of carboxylic acid groups (broad SMARTS) is 1. The zero-order chi connectivity index (χ0) is 15.5. The zero-order valence-corrected chi connectivity index (χ0v) is 12.2. The molecule has 2 aromatic rings. The maximum absolute atomic E-state index is 12.2. The van der Waals surface area contributed by atoms with Crippen molar-refractivity contribution in [3.05, 3.63) is 53.3 Å². The first-order chi connectivity index (χ1) is 9.88. The summed E-state index contributed by atoms with van der Waals surface area (Å²) >= 11 is 5.76. The molecule has 2 rings (SSSR count). The van der Waals surface area contributed by atoms with Gasteiger partial charge >= 0.3 is 5.97 Å². The van der Waals surface area contributed by atoms with Crippen LogP contribution >= 0.6 is 11.6 Å². The van der Waals surface area contributed by atoms with E-state index in [9.17, 15) is 13.2 Å². The molecule has 0 aliphatic heterocycles. The van der Waals surface area contributed by atoms with Crippen molar-refractivity contribution in [3.63, 3.8) is 0 Å². The van der Waals surface area contributed by atoms with Gasteiger partial charge < -0.3 is 5.11 Å². The lowest BCUT2D eigenvalue weighted by Gasteiger charge is -2.09. The van der Waals surface area contributed by atoms with Crippen LogP contribution in [0.25, 0.3) is 0 Å². The second-order valence-corrected chi connectivity index (χ2v) is 6.17. The summed E-state index contributed by atoms with van der Waals surface area (Å²) in [5.41, 5.74) is 0.883. The number of aliphatic carboxylic acids is 1. The first-order valence-electron chi connectivity index (χ1n) is 5.82. The maximum atomic E-state index is 12.2. The van der Waals surface area contributed by atoms with Crippen molar-refractivity contribution in [1.82, 2.24) is 4.98 Å². The van der Waals surface area contributed by atoms with E-state index in [1.165, 1.54) is 42.6 Å². The van der Waals surface area contributed by atoms with Gasteiger partial charge in [0.1, 0.15) is 10.0 Å². The van der Waals surface area contributed by atoms with E-state index in [1.54, 1.807) is 0 Å². The highest BCUT2D eigenvalue weighted by Gasteiger charge is 2.18. The second kappa shape index (κ2) is 6.11. The molecular formula is C13H11ClN2O4S. The first kappa shape index (κ1) is 15.3. The number of hydrogen-bond acceptors (Lipinski definition) is 4. The Labute approximate surface area is 126 Å². The summed E-state index contributed by atoms with van der Waals surface area (Å²) in [5.74, 6) is -0.953. The Hall–Kier alpha value is -2.12. The van der Waals surface area contributed by atoms with Gasteiger partial charge in [-0.15, -0.1) is 0 Å². The lowest BCUT2D eigenvalue weighted by Crippen LogP contribution is -2.14. The molecule has 0 radical (unpaired) electrons. The van der Waals surface area contributed by atoms with Crippen LogP contribution in [0.5, 0.6) is 0 Å². The number of aromatic nitrogens is 1. The molecular weight excluding hydrogens is 316 g/mol. The number of carbonyl (C=O) groups is 1. The fourth-order valence-corrected chi connectivity index (χ4v) is 3.16. The first-order valence-corrected chi connectivity index (χ1v) is 7.69. The Bertz CT molecular complexity index is 760. The summed E-state index contributed by atoms with van der Waals surface area (Å²) in [7, 11) is -3.84. The second-order valence-electron chi connectivity index (χ2n) is 4.17. The smallest absolute Gasteiger partial charge is 0.307 e. The van der Waals surface area contributed by atoms with Crippen LogP contribution in [-0.4, -0.2) is 24.5 Å². The summed E-state index contributed by atoms with van der Waals surface area (Å²) in [5, 5.41) is 8.55. The van der Waals surface area contributed by atoms with Crippen LogP contribution in [0.15, 0.2) is 47.5 Å². The van der Waals surface area contributed by atoms with E-state index in [0.717, 1.165) is 0 Å². The van der Waals surface area contributed by atoms with Crippen LogP contribution in [0, 0.1) is 0 Å². The van der Waals surface area contributed by atoms with Crippen LogP contribution in [0.2, 0.25) is 5.15 Å². The van der Waals surface area contributed by atoms with E-state index >= 15 is 0 Å². The van der Waals surface area contributed by atoms with Gasteiger partial charge in [0.05, 0.1) is 6.42 Å². The highest BCUT2D eigenvalue weighted by atomic mass is 35.5. The number of nitrogens with zero attached hydrogens (tertiary/aromatic N) is 1. The van der Waals surface area contributed by atoms with Crippen LogP contribution in [0.1, 0.15) is 5.56 Å². The molecule has 0 saturated heterocycles. The molecule has 110 valence electrons. The molecule has 0 atom stereocenters. The topological polar surface area (TPSA) is 96.4 Å². The molecule has 1 aromatic carbocycles. The summed E-state index contributed by atoms with van der Waals surface area (Å²) in [6.45, 7) is 0. The van der Waals surface area contributed by atoms with Crippen molar-refractivity contribution in [2.45, 2.75) is 11.3 Å². The number of nitrogens with one attached hydrogen (secondary N) is 1. The largest absolute Gasteiger partial charge is 0.481 e. The molecule has 0 saturated carbocycles. The quantitative estimate of drug-likeness (QED) is 0.821. The predicted octanol–water partition coefficient (Wildman–Crippen LogP) is 2.16. The third-order valence-corrected chi connectivity index (χ3v) is 4.40.